The molecule has 2 aliphatic rings. The maximum Gasteiger partial charge on any atom is 0.304 e. The molecule has 0 amide bonds. The van der Waals surface area contributed by atoms with E-state index in [1.165, 1.54) is 0 Å². The van der Waals surface area contributed by atoms with Crippen molar-refractivity contribution in [2.75, 3.05) is 6.61 Å². The molecule has 0 spiro atoms. The molecule has 43 heavy (non-hydrogen) atoms. The number of fused-ring (bicyclic) bond motifs is 8. The van der Waals surface area contributed by atoms with Gasteiger partial charge >= 0.3 is 5.97 Å². The van der Waals surface area contributed by atoms with Crippen LogP contribution in [0.1, 0.15) is 35.4 Å². The van der Waals surface area contributed by atoms with Crippen LogP contribution in [0.5, 0.6) is 0 Å². The summed E-state index contributed by atoms with van der Waals surface area (Å²) >= 11 is 0. The Bertz CT molecular complexity index is 2130. The summed E-state index contributed by atoms with van der Waals surface area (Å²) in [5.41, 5.74) is 6.76. The Kier molecular flexibility index (Phi) is 5.43. The summed E-state index contributed by atoms with van der Waals surface area (Å²) in [4.78, 5) is 45.0. The lowest BCUT2D eigenvalue weighted by atomic mass is 9.63. The minimum absolute atomic E-state index is 0.0482. The van der Waals surface area contributed by atoms with E-state index in [4.69, 9.17) is 24.7 Å². The highest BCUT2D eigenvalue weighted by Gasteiger charge is 2.57. The average molecular weight is 565 g/mol. The Balaban J connectivity index is 1.46. The van der Waals surface area contributed by atoms with E-state index in [1.54, 1.807) is 0 Å². The van der Waals surface area contributed by atoms with Gasteiger partial charge < -0.3 is 9.84 Å². The first-order chi connectivity index (χ1) is 21.0. The van der Waals surface area contributed by atoms with E-state index in [0.717, 1.165) is 33.3 Å². The van der Waals surface area contributed by atoms with Gasteiger partial charge in [-0.05, 0) is 41.8 Å². The van der Waals surface area contributed by atoms with E-state index < -0.39 is 16.8 Å². The quantitative estimate of drug-likeness (QED) is 0.240. The van der Waals surface area contributed by atoms with Crippen LogP contribution >= 0.6 is 0 Å². The van der Waals surface area contributed by atoms with Gasteiger partial charge in [0.1, 0.15) is 6.61 Å². The predicted octanol–water partition coefficient (Wildman–Crippen LogP) is 5.84. The van der Waals surface area contributed by atoms with Crippen molar-refractivity contribution >= 4 is 34.5 Å². The zero-order chi connectivity index (χ0) is 29.2. The SMILES string of the molecule is O=COCC1(CC2(CC(=O)O)c3ccccc3-c3nc4ccccc4nc32)c2ccccc2-c2nc3ccccc3nc21. The van der Waals surface area contributed by atoms with Crippen LogP contribution in [0.2, 0.25) is 0 Å². The van der Waals surface area contributed by atoms with Crippen molar-refractivity contribution in [3.63, 3.8) is 0 Å². The Morgan fingerprint density at radius 3 is 1.60 bits per heavy atom. The first-order valence-electron chi connectivity index (χ1n) is 14.1. The van der Waals surface area contributed by atoms with E-state index in [-0.39, 0.29) is 19.4 Å². The Morgan fingerprint density at radius 2 is 1.09 bits per heavy atom. The van der Waals surface area contributed by atoms with Gasteiger partial charge in [0, 0.05) is 11.1 Å². The molecule has 2 heterocycles. The zero-order valence-electron chi connectivity index (χ0n) is 22.9. The molecule has 4 aromatic carbocycles. The molecule has 0 radical (unpaired) electrons. The summed E-state index contributed by atoms with van der Waals surface area (Å²) in [5, 5.41) is 10.5. The molecule has 0 fully saturated rings. The van der Waals surface area contributed by atoms with Crippen molar-refractivity contribution in [1.82, 2.24) is 19.9 Å². The smallest absolute Gasteiger partial charge is 0.304 e. The summed E-state index contributed by atoms with van der Waals surface area (Å²) in [5.74, 6) is -0.972. The second kappa shape index (κ2) is 9.25. The fourth-order valence-electron chi connectivity index (χ4n) is 7.26. The molecule has 1 N–H and O–H groups in total. The van der Waals surface area contributed by atoms with Crippen LogP contribution in [0.3, 0.4) is 0 Å². The molecule has 8 rings (SSSR count). The second-order valence-corrected chi connectivity index (χ2v) is 11.2. The minimum Gasteiger partial charge on any atom is -0.481 e. The highest BCUT2D eigenvalue weighted by Crippen LogP contribution is 2.59. The number of carboxylic acid groups (broad SMARTS) is 1. The van der Waals surface area contributed by atoms with Gasteiger partial charge in [-0.25, -0.2) is 19.9 Å². The van der Waals surface area contributed by atoms with Crippen molar-refractivity contribution in [2.24, 2.45) is 0 Å². The number of aromatic nitrogens is 4. The normalized spacial score (nSPS) is 19.4. The number of benzene rings is 4. The van der Waals surface area contributed by atoms with Gasteiger partial charge in [-0.3, -0.25) is 9.59 Å². The molecule has 8 heteroatoms. The third kappa shape index (κ3) is 3.56. The molecule has 0 saturated carbocycles. The number of carbonyl (C=O) groups is 2. The van der Waals surface area contributed by atoms with Crippen LogP contribution in [0.4, 0.5) is 0 Å². The van der Waals surface area contributed by atoms with Crippen LogP contribution in [0.25, 0.3) is 44.6 Å². The third-order valence-electron chi connectivity index (χ3n) is 8.90. The summed E-state index contributed by atoms with van der Waals surface area (Å²) < 4.78 is 5.62. The molecule has 208 valence electrons. The molecular weight excluding hydrogens is 540 g/mol. The Morgan fingerprint density at radius 1 is 0.651 bits per heavy atom. The number of hydrogen-bond acceptors (Lipinski definition) is 7. The molecule has 2 unspecified atom stereocenters. The van der Waals surface area contributed by atoms with E-state index in [2.05, 4.69) is 0 Å². The van der Waals surface area contributed by atoms with Gasteiger partial charge in [0.25, 0.3) is 6.47 Å². The monoisotopic (exact) mass is 564 g/mol. The topological polar surface area (TPSA) is 115 Å². The maximum absolute atomic E-state index is 12.8. The Hall–Kier alpha value is -5.50. The van der Waals surface area contributed by atoms with Crippen LogP contribution in [0, 0.1) is 0 Å². The van der Waals surface area contributed by atoms with Gasteiger partial charge in [-0.1, -0.05) is 72.8 Å². The molecule has 2 aliphatic carbocycles. The number of nitrogens with zero attached hydrogens (tertiary/aromatic N) is 4. The first kappa shape index (κ1) is 25.2. The number of aliphatic carboxylic acids is 1. The lowest BCUT2D eigenvalue weighted by Crippen LogP contribution is -2.43. The molecule has 0 saturated heterocycles. The standard InChI is InChI=1S/C35H24N4O4/c40-20-43-19-35(24-12-4-2-10-22(24)31-33(35)39-28-16-8-6-14-26(28)37-31)18-34(17-29(41)42)23-11-3-1-9-21(23)30-32(34)38-27-15-7-5-13-25(27)36-30/h1-16,20H,17-19H2,(H,41,42). The van der Waals surface area contributed by atoms with Crippen molar-refractivity contribution in [1.29, 1.82) is 0 Å². The molecular formula is C35H24N4O4. The van der Waals surface area contributed by atoms with Crippen LogP contribution in [0.15, 0.2) is 97.1 Å². The molecule has 2 atom stereocenters. The zero-order valence-corrected chi connectivity index (χ0v) is 22.9. The maximum atomic E-state index is 12.8. The van der Waals surface area contributed by atoms with E-state index in [0.29, 0.717) is 40.3 Å². The van der Waals surface area contributed by atoms with Gasteiger partial charge in [0.15, 0.2) is 0 Å². The first-order valence-corrected chi connectivity index (χ1v) is 14.1. The fraction of sp³-hybridized carbons (Fsp3) is 0.143. The molecule has 2 aromatic heterocycles. The molecule has 0 bridgehead atoms. The number of hydrogen-bond donors (Lipinski definition) is 1. The van der Waals surface area contributed by atoms with Gasteiger partial charge in [0.05, 0.1) is 62.1 Å². The third-order valence-corrected chi connectivity index (χ3v) is 8.90. The lowest BCUT2D eigenvalue weighted by Gasteiger charge is -2.39. The molecule has 0 aliphatic heterocycles. The fourth-order valence-corrected chi connectivity index (χ4v) is 7.26. The summed E-state index contributed by atoms with van der Waals surface area (Å²) in [6.45, 7) is 0.387. The van der Waals surface area contributed by atoms with E-state index in [1.807, 2.05) is 97.1 Å². The number of carboxylic acids is 1. The van der Waals surface area contributed by atoms with Crippen molar-refractivity contribution in [3.05, 3.63) is 120 Å². The molecule has 8 nitrogen and oxygen atoms in total. The number of carbonyl (C=O) groups excluding carboxylic acids is 1. The van der Waals surface area contributed by atoms with Crippen molar-refractivity contribution < 1.29 is 19.4 Å². The highest BCUT2D eigenvalue weighted by atomic mass is 16.5. The van der Waals surface area contributed by atoms with Crippen LogP contribution in [-0.4, -0.2) is 44.1 Å². The van der Waals surface area contributed by atoms with Crippen LogP contribution < -0.4 is 0 Å². The second-order valence-electron chi connectivity index (χ2n) is 11.2. The summed E-state index contributed by atoms with van der Waals surface area (Å²) in [6.07, 6.45) is -0.0282. The minimum atomic E-state index is -1.12. The number of para-hydroxylation sites is 4. The molecule has 6 aromatic rings. The van der Waals surface area contributed by atoms with E-state index >= 15 is 0 Å². The highest BCUT2D eigenvalue weighted by molar-refractivity contribution is 5.88. The lowest BCUT2D eigenvalue weighted by molar-refractivity contribution is -0.138. The number of rotatable bonds is 7. The largest absolute Gasteiger partial charge is 0.481 e. The Labute approximate surface area is 246 Å². The van der Waals surface area contributed by atoms with Gasteiger partial charge in [-0.2, -0.15) is 0 Å². The summed E-state index contributed by atoms with van der Waals surface area (Å²) in [7, 11) is 0. The summed E-state index contributed by atoms with van der Waals surface area (Å²) in [6, 6.07) is 30.9. The van der Waals surface area contributed by atoms with Crippen molar-refractivity contribution in [3.8, 4) is 22.5 Å². The number of ether oxygens (including phenoxy) is 1. The van der Waals surface area contributed by atoms with E-state index in [9.17, 15) is 14.7 Å². The van der Waals surface area contributed by atoms with Gasteiger partial charge in [-0.15, -0.1) is 0 Å². The predicted molar refractivity (Wildman–Crippen MR) is 160 cm³/mol. The van der Waals surface area contributed by atoms with Gasteiger partial charge in [0.2, 0.25) is 0 Å². The van der Waals surface area contributed by atoms with Crippen LogP contribution in [-0.2, 0) is 25.2 Å². The van der Waals surface area contributed by atoms with Crippen molar-refractivity contribution in [2.45, 2.75) is 23.7 Å². The average Bonchev–Trinajstić information content (AvgIpc) is 3.44.